The molecule has 8 nitrogen and oxygen atoms in total. The van der Waals surface area contributed by atoms with Gasteiger partial charge in [-0.15, -0.1) is 0 Å². The predicted octanol–water partition coefficient (Wildman–Crippen LogP) is 1.78. The molecule has 1 unspecified atom stereocenters. The number of nitrogens with one attached hydrogen (secondary N) is 1. The molecule has 1 N–H and O–H groups in total. The van der Waals surface area contributed by atoms with Gasteiger partial charge in [0.25, 0.3) is 5.91 Å². The third-order valence-corrected chi connectivity index (χ3v) is 4.79. The minimum absolute atomic E-state index is 0.0628. The molecule has 29 heavy (non-hydrogen) atoms. The third-order valence-electron chi connectivity index (χ3n) is 4.79. The molecule has 3 rings (SSSR count). The van der Waals surface area contributed by atoms with Crippen LogP contribution in [0.5, 0.6) is 5.75 Å². The van der Waals surface area contributed by atoms with E-state index in [1.165, 1.54) is 12.0 Å². The first-order chi connectivity index (χ1) is 13.9. The summed E-state index contributed by atoms with van der Waals surface area (Å²) in [6.45, 7) is 0.777. The lowest BCUT2D eigenvalue weighted by Gasteiger charge is -2.17. The van der Waals surface area contributed by atoms with Crippen molar-refractivity contribution in [1.29, 1.82) is 0 Å². The Morgan fingerprint density at radius 2 is 2.10 bits per heavy atom. The van der Waals surface area contributed by atoms with Crippen LogP contribution in [0, 0.1) is 5.92 Å². The van der Waals surface area contributed by atoms with Crippen molar-refractivity contribution in [2.45, 2.75) is 13.0 Å². The average molecular weight is 396 g/mol. The van der Waals surface area contributed by atoms with Gasteiger partial charge in [-0.1, -0.05) is 6.07 Å². The van der Waals surface area contributed by atoms with Crippen molar-refractivity contribution in [2.75, 3.05) is 33.1 Å². The molecule has 0 radical (unpaired) electrons. The Labute approximate surface area is 169 Å². The molecule has 1 aromatic heterocycles. The first kappa shape index (κ1) is 20.3. The lowest BCUT2D eigenvalue weighted by Crippen LogP contribution is -2.28. The summed E-state index contributed by atoms with van der Waals surface area (Å²) in [4.78, 5) is 44.5. The van der Waals surface area contributed by atoms with Crippen LogP contribution in [0.3, 0.4) is 0 Å². The van der Waals surface area contributed by atoms with Gasteiger partial charge in [0.15, 0.2) is 0 Å². The SMILES string of the molecule is COc1ccc(NC(=O)C2CC(=O)N(Cc3cccnc3)C2)cc1C(=O)N(C)C. The third kappa shape index (κ3) is 4.71. The van der Waals surface area contributed by atoms with Gasteiger partial charge in [-0.05, 0) is 29.8 Å². The molecule has 1 atom stereocenters. The second kappa shape index (κ2) is 8.72. The van der Waals surface area contributed by atoms with Crippen LogP contribution in [0.15, 0.2) is 42.7 Å². The Bertz CT molecular complexity index is 914. The summed E-state index contributed by atoms with van der Waals surface area (Å²) in [6, 6.07) is 8.61. The number of anilines is 1. The molecular formula is C21H24N4O4. The highest BCUT2D eigenvalue weighted by atomic mass is 16.5. The minimum Gasteiger partial charge on any atom is -0.496 e. The highest BCUT2D eigenvalue weighted by molar-refractivity contribution is 6.00. The van der Waals surface area contributed by atoms with Gasteiger partial charge in [-0.25, -0.2) is 0 Å². The number of benzene rings is 1. The lowest BCUT2D eigenvalue weighted by molar-refractivity contribution is -0.128. The van der Waals surface area contributed by atoms with Crippen LogP contribution in [0.2, 0.25) is 0 Å². The van der Waals surface area contributed by atoms with Gasteiger partial charge in [-0.3, -0.25) is 19.4 Å². The van der Waals surface area contributed by atoms with E-state index in [9.17, 15) is 14.4 Å². The molecule has 1 aliphatic rings. The summed E-state index contributed by atoms with van der Waals surface area (Å²) in [6.07, 6.45) is 3.54. The van der Waals surface area contributed by atoms with Gasteiger partial charge in [-0.2, -0.15) is 0 Å². The van der Waals surface area contributed by atoms with E-state index in [1.807, 2.05) is 12.1 Å². The number of carbonyl (C=O) groups excluding carboxylic acids is 3. The summed E-state index contributed by atoms with van der Waals surface area (Å²) >= 11 is 0. The molecule has 0 spiro atoms. The Hall–Kier alpha value is -3.42. The molecular weight excluding hydrogens is 372 g/mol. The van der Waals surface area contributed by atoms with Crippen molar-refractivity contribution in [3.63, 3.8) is 0 Å². The van der Waals surface area contributed by atoms with Crippen LogP contribution in [0.4, 0.5) is 5.69 Å². The van der Waals surface area contributed by atoms with Crippen molar-refractivity contribution < 1.29 is 19.1 Å². The topological polar surface area (TPSA) is 91.8 Å². The number of rotatable bonds is 6. The van der Waals surface area contributed by atoms with Crippen molar-refractivity contribution >= 4 is 23.4 Å². The van der Waals surface area contributed by atoms with Crippen LogP contribution in [-0.2, 0) is 16.1 Å². The second-order valence-electron chi connectivity index (χ2n) is 7.14. The van der Waals surface area contributed by atoms with E-state index < -0.39 is 5.92 Å². The maximum atomic E-state index is 12.7. The van der Waals surface area contributed by atoms with Crippen LogP contribution in [0.25, 0.3) is 0 Å². The highest BCUT2D eigenvalue weighted by Crippen LogP contribution is 2.26. The molecule has 1 aromatic carbocycles. The normalized spacial score (nSPS) is 15.9. The average Bonchev–Trinajstić information content (AvgIpc) is 3.08. The van der Waals surface area contributed by atoms with Gasteiger partial charge < -0.3 is 19.9 Å². The monoisotopic (exact) mass is 396 g/mol. The molecule has 0 aliphatic carbocycles. The van der Waals surface area contributed by atoms with Crippen LogP contribution in [-0.4, -0.2) is 60.3 Å². The molecule has 152 valence electrons. The fraction of sp³-hybridized carbons (Fsp3) is 0.333. The maximum Gasteiger partial charge on any atom is 0.257 e. The largest absolute Gasteiger partial charge is 0.496 e. The molecule has 1 fully saturated rings. The fourth-order valence-electron chi connectivity index (χ4n) is 3.25. The molecule has 2 heterocycles. The number of hydrogen-bond acceptors (Lipinski definition) is 5. The van der Waals surface area contributed by atoms with Gasteiger partial charge in [0.05, 0.1) is 18.6 Å². The van der Waals surface area contributed by atoms with E-state index in [4.69, 9.17) is 4.74 Å². The number of carbonyl (C=O) groups is 3. The van der Waals surface area contributed by atoms with Crippen molar-refractivity contribution in [1.82, 2.24) is 14.8 Å². The summed E-state index contributed by atoms with van der Waals surface area (Å²) in [5, 5.41) is 2.82. The number of ether oxygens (including phenoxy) is 1. The number of aromatic nitrogens is 1. The fourth-order valence-corrected chi connectivity index (χ4v) is 3.25. The summed E-state index contributed by atoms with van der Waals surface area (Å²) in [7, 11) is 4.78. The van der Waals surface area contributed by atoms with E-state index in [2.05, 4.69) is 10.3 Å². The van der Waals surface area contributed by atoms with Crippen molar-refractivity contribution in [3.8, 4) is 5.75 Å². The second-order valence-corrected chi connectivity index (χ2v) is 7.14. The summed E-state index contributed by atoms with van der Waals surface area (Å²) < 4.78 is 5.24. The standard InChI is InChI=1S/C21H24N4O4/c1-24(2)21(28)17-10-16(6-7-18(17)29-3)23-20(27)15-9-19(26)25(13-15)12-14-5-4-8-22-11-14/h4-8,10-11,15H,9,12-13H2,1-3H3,(H,23,27). The van der Waals surface area contributed by atoms with Gasteiger partial charge in [0.1, 0.15) is 5.75 Å². The van der Waals surface area contributed by atoms with E-state index in [0.29, 0.717) is 30.1 Å². The first-order valence-corrected chi connectivity index (χ1v) is 9.26. The maximum absolute atomic E-state index is 12.7. The summed E-state index contributed by atoms with van der Waals surface area (Å²) in [5.74, 6) is -0.557. The number of nitrogens with zero attached hydrogens (tertiary/aromatic N) is 3. The molecule has 1 saturated heterocycles. The van der Waals surface area contributed by atoms with Gasteiger partial charge in [0.2, 0.25) is 11.8 Å². The van der Waals surface area contributed by atoms with E-state index in [0.717, 1.165) is 5.56 Å². The number of hydrogen-bond donors (Lipinski definition) is 1. The molecule has 0 saturated carbocycles. The number of likely N-dealkylation sites (tertiary alicyclic amines) is 1. The highest BCUT2D eigenvalue weighted by Gasteiger charge is 2.34. The van der Waals surface area contributed by atoms with Crippen LogP contribution < -0.4 is 10.1 Å². The van der Waals surface area contributed by atoms with Gasteiger partial charge >= 0.3 is 0 Å². The first-order valence-electron chi connectivity index (χ1n) is 9.26. The van der Waals surface area contributed by atoms with Gasteiger partial charge in [0, 0.05) is 51.7 Å². The Morgan fingerprint density at radius 3 is 2.76 bits per heavy atom. The Balaban J connectivity index is 1.68. The molecule has 2 aromatic rings. The predicted molar refractivity (Wildman–Crippen MR) is 107 cm³/mol. The Kier molecular flexibility index (Phi) is 6.11. The number of methoxy groups -OCH3 is 1. The zero-order valence-corrected chi connectivity index (χ0v) is 16.7. The molecule has 8 heteroatoms. The minimum atomic E-state index is -0.450. The van der Waals surface area contributed by atoms with Crippen molar-refractivity contribution in [2.24, 2.45) is 5.92 Å². The number of amides is 3. The van der Waals surface area contributed by atoms with E-state index >= 15 is 0 Å². The summed E-state index contributed by atoms with van der Waals surface area (Å²) in [5.41, 5.74) is 1.76. The smallest absolute Gasteiger partial charge is 0.257 e. The molecule has 3 amide bonds. The van der Waals surface area contributed by atoms with Crippen LogP contribution in [0.1, 0.15) is 22.3 Å². The van der Waals surface area contributed by atoms with E-state index in [-0.39, 0.29) is 24.1 Å². The van der Waals surface area contributed by atoms with Crippen molar-refractivity contribution in [3.05, 3.63) is 53.9 Å². The van der Waals surface area contributed by atoms with E-state index in [1.54, 1.807) is 49.6 Å². The zero-order valence-electron chi connectivity index (χ0n) is 16.7. The molecule has 1 aliphatic heterocycles. The Morgan fingerprint density at radius 1 is 1.31 bits per heavy atom. The lowest BCUT2D eigenvalue weighted by atomic mass is 10.1. The molecule has 0 bridgehead atoms. The number of pyridine rings is 1. The quantitative estimate of drug-likeness (QED) is 0.804. The van der Waals surface area contributed by atoms with Crippen LogP contribution >= 0.6 is 0 Å². The zero-order chi connectivity index (χ0) is 21.0.